The lowest BCUT2D eigenvalue weighted by molar-refractivity contribution is 0.238. The Kier molecular flexibility index (Phi) is 1.71. The zero-order chi connectivity index (χ0) is 6.97. The van der Waals surface area contributed by atoms with Gasteiger partial charge in [-0.2, -0.15) is 0 Å². The topological polar surface area (TPSA) is 0 Å². The molecule has 0 aromatic heterocycles. The molecule has 2 saturated carbocycles. The van der Waals surface area contributed by atoms with Crippen LogP contribution < -0.4 is 0 Å². The van der Waals surface area contributed by atoms with Crippen LogP contribution in [0.4, 0.5) is 0 Å². The van der Waals surface area contributed by atoms with Crippen LogP contribution >= 0.6 is 0 Å². The first kappa shape index (κ1) is 6.69. The molecule has 0 spiro atoms. The molecule has 2 fully saturated rings. The van der Waals surface area contributed by atoms with Crippen LogP contribution in [0.1, 0.15) is 45.4 Å². The largest absolute Gasteiger partial charge is 0.0622 e. The Labute approximate surface area is 64.0 Å². The Bertz CT molecular complexity index is 115. The molecule has 0 heteroatoms. The van der Waals surface area contributed by atoms with Crippen molar-refractivity contribution in [2.24, 2.45) is 17.8 Å². The van der Waals surface area contributed by atoms with Gasteiger partial charge in [0.25, 0.3) is 0 Å². The molecule has 0 aromatic carbocycles. The minimum Gasteiger partial charge on any atom is -0.0622 e. The van der Waals surface area contributed by atoms with Crippen LogP contribution in [-0.2, 0) is 0 Å². The lowest BCUT2D eigenvalue weighted by Gasteiger charge is -2.27. The first-order chi connectivity index (χ1) is 4.88. The molecule has 0 heterocycles. The fourth-order valence-electron chi connectivity index (χ4n) is 3.03. The summed E-state index contributed by atoms with van der Waals surface area (Å²) in [6, 6.07) is 0. The second-order valence-electron chi connectivity index (χ2n) is 4.26. The van der Waals surface area contributed by atoms with Gasteiger partial charge in [0.05, 0.1) is 0 Å². The molecule has 10 heavy (non-hydrogen) atoms. The summed E-state index contributed by atoms with van der Waals surface area (Å²) in [6.45, 7) is 2.45. The maximum atomic E-state index is 2.45. The summed E-state index contributed by atoms with van der Waals surface area (Å²) >= 11 is 0. The summed E-state index contributed by atoms with van der Waals surface area (Å²) in [5, 5.41) is 0. The molecule has 0 N–H and O–H groups in total. The van der Waals surface area contributed by atoms with Crippen molar-refractivity contribution < 1.29 is 0 Å². The third-order valence-electron chi connectivity index (χ3n) is 3.69. The van der Waals surface area contributed by atoms with Gasteiger partial charge in [-0.3, -0.25) is 0 Å². The van der Waals surface area contributed by atoms with Gasteiger partial charge in [-0.25, -0.2) is 0 Å². The Morgan fingerprint density at radius 1 is 0.900 bits per heavy atom. The first-order valence-corrected chi connectivity index (χ1v) is 4.88. The highest BCUT2D eigenvalue weighted by atomic mass is 14.4. The smallest absolute Gasteiger partial charge is 0.0360 e. The molecule has 2 aliphatic carbocycles. The van der Waals surface area contributed by atoms with Crippen LogP contribution in [-0.4, -0.2) is 0 Å². The van der Waals surface area contributed by atoms with Gasteiger partial charge in [0.1, 0.15) is 0 Å². The van der Waals surface area contributed by atoms with Crippen LogP contribution in [0, 0.1) is 17.8 Å². The van der Waals surface area contributed by atoms with E-state index < -0.39 is 0 Å². The minimum atomic E-state index is 1.06. The number of hydrogen-bond acceptors (Lipinski definition) is 0. The lowest BCUT2D eigenvalue weighted by atomic mass is 9.79. The van der Waals surface area contributed by atoms with Crippen LogP contribution in [0.5, 0.6) is 0 Å². The second kappa shape index (κ2) is 2.56. The van der Waals surface area contributed by atoms with Crippen LogP contribution in [0.2, 0.25) is 0 Å². The third kappa shape index (κ3) is 0.980. The van der Waals surface area contributed by atoms with Crippen molar-refractivity contribution in [3.05, 3.63) is 0 Å². The maximum absolute atomic E-state index is 2.45. The predicted octanol–water partition coefficient (Wildman–Crippen LogP) is 3.22. The molecule has 2 rings (SSSR count). The molecule has 0 aromatic rings. The van der Waals surface area contributed by atoms with Crippen LogP contribution in [0.15, 0.2) is 0 Å². The Morgan fingerprint density at radius 2 is 1.70 bits per heavy atom. The zero-order valence-electron chi connectivity index (χ0n) is 6.97. The van der Waals surface area contributed by atoms with E-state index in [1.807, 2.05) is 0 Å². The molecule has 2 unspecified atom stereocenters. The molecule has 0 radical (unpaired) electrons. The molecule has 58 valence electrons. The highest BCUT2D eigenvalue weighted by Gasteiger charge is 2.34. The number of hydrogen-bond donors (Lipinski definition) is 0. The van der Waals surface area contributed by atoms with E-state index in [2.05, 4.69) is 6.92 Å². The van der Waals surface area contributed by atoms with Gasteiger partial charge in [0.2, 0.25) is 0 Å². The van der Waals surface area contributed by atoms with E-state index in [0.717, 1.165) is 17.8 Å². The summed E-state index contributed by atoms with van der Waals surface area (Å²) in [4.78, 5) is 0. The van der Waals surface area contributed by atoms with Gasteiger partial charge in [0, 0.05) is 0 Å². The van der Waals surface area contributed by atoms with Gasteiger partial charge < -0.3 is 0 Å². The summed E-state index contributed by atoms with van der Waals surface area (Å²) < 4.78 is 0. The number of fused-ring (bicyclic) bond motifs is 1. The summed E-state index contributed by atoms with van der Waals surface area (Å²) in [5.41, 5.74) is 0. The summed E-state index contributed by atoms with van der Waals surface area (Å²) in [5.74, 6) is 3.34. The quantitative estimate of drug-likeness (QED) is 0.482. The lowest BCUT2D eigenvalue weighted by Crippen LogP contribution is -2.17. The molecule has 3 atom stereocenters. The van der Waals surface area contributed by atoms with Gasteiger partial charge in [0.15, 0.2) is 0 Å². The molecule has 0 aliphatic heterocycles. The van der Waals surface area contributed by atoms with Crippen molar-refractivity contribution in [3.8, 4) is 0 Å². The SMILES string of the molecule is C[C@@H]1CCC2CCCCC21. The molecular formula is C10H18. The van der Waals surface area contributed by atoms with E-state index in [4.69, 9.17) is 0 Å². The maximum Gasteiger partial charge on any atom is -0.0360 e. The standard InChI is InChI=1S/C10H18/c1-8-6-7-9-4-2-3-5-10(8)9/h8-10H,2-7H2,1H3/t8-,9?,10?/m1/s1. The molecule has 0 saturated heterocycles. The average molecular weight is 138 g/mol. The summed E-state index contributed by atoms with van der Waals surface area (Å²) in [6.07, 6.45) is 9.21. The van der Waals surface area contributed by atoms with Crippen LogP contribution in [0.25, 0.3) is 0 Å². The van der Waals surface area contributed by atoms with E-state index in [1.54, 1.807) is 19.3 Å². The van der Waals surface area contributed by atoms with Crippen molar-refractivity contribution in [2.45, 2.75) is 45.4 Å². The zero-order valence-corrected chi connectivity index (χ0v) is 6.97. The van der Waals surface area contributed by atoms with E-state index in [1.165, 1.54) is 19.3 Å². The molecular weight excluding hydrogens is 120 g/mol. The van der Waals surface area contributed by atoms with Crippen molar-refractivity contribution in [3.63, 3.8) is 0 Å². The molecule has 0 bridgehead atoms. The van der Waals surface area contributed by atoms with E-state index in [0.29, 0.717) is 0 Å². The molecule has 0 nitrogen and oxygen atoms in total. The van der Waals surface area contributed by atoms with Crippen molar-refractivity contribution >= 4 is 0 Å². The predicted molar refractivity (Wildman–Crippen MR) is 43.8 cm³/mol. The normalized spacial score (nSPS) is 47.1. The molecule has 2 aliphatic rings. The van der Waals surface area contributed by atoms with Gasteiger partial charge >= 0.3 is 0 Å². The fourth-order valence-corrected chi connectivity index (χ4v) is 3.03. The van der Waals surface area contributed by atoms with Crippen LogP contribution in [0.3, 0.4) is 0 Å². The highest BCUT2D eigenvalue weighted by molar-refractivity contribution is 4.85. The van der Waals surface area contributed by atoms with E-state index in [9.17, 15) is 0 Å². The second-order valence-corrected chi connectivity index (χ2v) is 4.26. The van der Waals surface area contributed by atoms with Gasteiger partial charge in [-0.1, -0.05) is 32.6 Å². The summed E-state index contributed by atoms with van der Waals surface area (Å²) in [7, 11) is 0. The monoisotopic (exact) mass is 138 g/mol. The first-order valence-electron chi connectivity index (χ1n) is 4.88. The fraction of sp³-hybridized carbons (Fsp3) is 1.00. The van der Waals surface area contributed by atoms with E-state index in [-0.39, 0.29) is 0 Å². The Morgan fingerprint density at radius 3 is 2.50 bits per heavy atom. The third-order valence-corrected chi connectivity index (χ3v) is 3.69. The average Bonchev–Trinajstić information content (AvgIpc) is 2.34. The molecule has 0 amide bonds. The van der Waals surface area contributed by atoms with E-state index >= 15 is 0 Å². The van der Waals surface area contributed by atoms with Crippen molar-refractivity contribution in [1.82, 2.24) is 0 Å². The van der Waals surface area contributed by atoms with Gasteiger partial charge in [-0.05, 0) is 30.6 Å². The number of rotatable bonds is 0. The Balaban J connectivity index is 2.01. The minimum absolute atomic E-state index is 1.06. The van der Waals surface area contributed by atoms with Crippen molar-refractivity contribution in [2.75, 3.05) is 0 Å². The van der Waals surface area contributed by atoms with Crippen molar-refractivity contribution in [1.29, 1.82) is 0 Å². The van der Waals surface area contributed by atoms with Gasteiger partial charge in [-0.15, -0.1) is 0 Å². The highest BCUT2D eigenvalue weighted by Crippen LogP contribution is 2.45. The Hall–Kier alpha value is 0.